The summed E-state index contributed by atoms with van der Waals surface area (Å²) in [5.74, 6) is -0.600. The van der Waals surface area contributed by atoms with Crippen molar-refractivity contribution in [3.05, 3.63) is 69.8 Å². The van der Waals surface area contributed by atoms with E-state index in [4.69, 9.17) is 0 Å². The maximum Gasteiger partial charge on any atom is 0.416 e. The molecule has 2 fully saturated rings. The summed E-state index contributed by atoms with van der Waals surface area (Å²) in [5.41, 5.74) is -2.29. The summed E-state index contributed by atoms with van der Waals surface area (Å²) in [6.07, 6.45) is -8.18. The second-order valence-electron chi connectivity index (χ2n) is 9.12. The maximum atomic E-state index is 14.3. The number of carbonyl (C=O) groups excluding carboxylic acids is 2. The van der Waals surface area contributed by atoms with Crippen molar-refractivity contribution in [1.82, 2.24) is 20.0 Å². The number of rotatable bonds is 4. The first-order chi connectivity index (χ1) is 18.3. The monoisotopic (exact) mass is 572 g/mol. The molecular weight excluding hydrogens is 553 g/mol. The third-order valence-electron chi connectivity index (χ3n) is 6.56. The van der Waals surface area contributed by atoms with Crippen molar-refractivity contribution in [3.8, 4) is 0 Å². The number of hydrogen-bond acceptors (Lipinski definition) is 5. The van der Waals surface area contributed by atoms with Gasteiger partial charge in [-0.25, -0.2) is 4.39 Å². The molecule has 2 amide bonds. The molecule has 1 aromatic heterocycles. The van der Waals surface area contributed by atoms with E-state index in [9.17, 15) is 40.3 Å². The van der Waals surface area contributed by atoms with Crippen LogP contribution in [0, 0.1) is 0 Å². The van der Waals surface area contributed by atoms with Crippen molar-refractivity contribution in [2.45, 2.75) is 37.5 Å². The summed E-state index contributed by atoms with van der Waals surface area (Å²) >= 11 is 0.695. The molecular formula is C25H19F7N4O2S. The van der Waals surface area contributed by atoms with Gasteiger partial charge in [0.25, 0.3) is 11.1 Å². The van der Waals surface area contributed by atoms with Crippen LogP contribution in [0.3, 0.4) is 0 Å². The van der Waals surface area contributed by atoms with E-state index in [1.54, 1.807) is 18.2 Å². The number of piperidine rings is 1. The number of amides is 2. The Hall–Kier alpha value is -3.39. The van der Waals surface area contributed by atoms with Gasteiger partial charge in [-0.05, 0) is 66.2 Å². The first-order valence-electron chi connectivity index (χ1n) is 11.7. The zero-order valence-corrected chi connectivity index (χ0v) is 20.6. The number of alkyl halides is 7. The molecule has 6 nitrogen and oxygen atoms in total. The molecule has 3 aromatic rings. The summed E-state index contributed by atoms with van der Waals surface area (Å²) in [6, 6.07) is 5.32. The normalized spacial score (nSPS) is 21.9. The van der Waals surface area contributed by atoms with Gasteiger partial charge < -0.3 is 5.32 Å². The van der Waals surface area contributed by atoms with Crippen LogP contribution in [0.25, 0.3) is 17.0 Å². The van der Waals surface area contributed by atoms with Crippen molar-refractivity contribution in [3.63, 3.8) is 0 Å². The number of imide groups is 1. The summed E-state index contributed by atoms with van der Waals surface area (Å²) in [6.45, 7) is 0.0852. The lowest BCUT2D eigenvalue weighted by Gasteiger charge is -2.32. The number of halogens is 7. The number of aromatic nitrogens is 2. The molecule has 0 spiro atoms. The SMILES string of the molecule is O=C1S/C(=C\c2ccc3c(cnn3Cc3ccc(C(F)(F)F)cc3C(F)(F)F)c2)C(=O)N1C1CCNC[C@@H]1F. The molecule has 0 radical (unpaired) electrons. The van der Waals surface area contributed by atoms with Crippen LogP contribution in [0.2, 0.25) is 0 Å². The summed E-state index contributed by atoms with van der Waals surface area (Å²) in [7, 11) is 0. The van der Waals surface area contributed by atoms with Crippen molar-refractivity contribution < 1.29 is 40.3 Å². The predicted molar refractivity (Wildman–Crippen MR) is 129 cm³/mol. The molecule has 2 aliphatic rings. The average Bonchev–Trinajstić information content (AvgIpc) is 3.37. The molecule has 39 heavy (non-hydrogen) atoms. The van der Waals surface area contributed by atoms with Gasteiger partial charge in [0.05, 0.1) is 40.3 Å². The van der Waals surface area contributed by atoms with E-state index in [0.29, 0.717) is 47.3 Å². The number of thioether (sulfide) groups is 1. The quantitative estimate of drug-likeness (QED) is 0.314. The first kappa shape index (κ1) is 27.2. The smallest absolute Gasteiger partial charge is 0.314 e. The van der Waals surface area contributed by atoms with Crippen LogP contribution >= 0.6 is 11.8 Å². The Morgan fingerprint density at radius 2 is 1.82 bits per heavy atom. The largest absolute Gasteiger partial charge is 0.416 e. The molecule has 3 heterocycles. The standard InChI is InChI=1S/C25H19F7N4O2S/c26-18-11-33-6-5-20(18)36-22(37)21(39-23(36)38)8-13-1-4-19-15(7-13)10-34-35(19)12-14-2-3-16(24(27,28)29)9-17(14)25(30,31)32/h1-4,7-10,18,20,33H,5-6,11-12H2/b21-8-/t18-,20?/m0/s1. The number of benzene rings is 2. The molecule has 2 aromatic carbocycles. The molecule has 206 valence electrons. The topological polar surface area (TPSA) is 67.2 Å². The summed E-state index contributed by atoms with van der Waals surface area (Å²) in [4.78, 5) is 26.4. The zero-order chi connectivity index (χ0) is 28.1. The average molecular weight is 573 g/mol. The lowest BCUT2D eigenvalue weighted by atomic mass is 10.0. The Balaban J connectivity index is 1.40. The molecule has 1 unspecified atom stereocenters. The van der Waals surface area contributed by atoms with Gasteiger partial charge in [-0.15, -0.1) is 0 Å². The fraction of sp³-hybridized carbons (Fsp3) is 0.320. The highest BCUT2D eigenvalue weighted by atomic mass is 32.2. The lowest BCUT2D eigenvalue weighted by molar-refractivity contribution is -0.143. The second-order valence-corrected chi connectivity index (χ2v) is 10.1. The molecule has 2 saturated heterocycles. The maximum absolute atomic E-state index is 14.3. The summed E-state index contributed by atoms with van der Waals surface area (Å²) in [5, 5.41) is 6.89. The van der Waals surface area contributed by atoms with Gasteiger partial charge in [0.2, 0.25) is 0 Å². The van der Waals surface area contributed by atoms with Crippen LogP contribution in [0.15, 0.2) is 47.5 Å². The molecule has 2 atom stereocenters. The Labute approximate surface area is 220 Å². The fourth-order valence-corrected chi connectivity index (χ4v) is 5.54. The van der Waals surface area contributed by atoms with Crippen LogP contribution in [0.1, 0.15) is 28.7 Å². The highest BCUT2D eigenvalue weighted by Crippen LogP contribution is 2.38. The Morgan fingerprint density at radius 3 is 2.51 bits per heavy atom. The number of hydrogen-bond donors (Lipinski definition) is 1. The van der Waals surface area contributed by atoms with Crippen LogP contribution < -0.4 is 5.32 Å². The molecule has 0 saturated carbocycles. The molecule has 14 heteroatoms. The number of nitrogens with one attached hydrogen (secondary N) is 1. The second kappa shape index (κ2) is 9.97. The summed E-state index contributed by atoms with van der Waals surface area (Å²) < 4.78 is 95.2. The minimum atomic E-state index is -5.01. The van der Waals surface area contributed by atoms with Crippen LogP contribution in [-0.2, 0) is 23.7 Å². The van der Waals surface area contributed by atoms with Crippen molar-refractivity contribution in [1.29, 1.82) is 0 Å². The first-order valence-corrected chi connectivity index (χ1v) is 12.5. The van der Waals surface area contributed by atoms with Crippen LogP contribution in [0.4, 0.5) is 35.5 Å². The fourth-order valence-electron chi connectivity index (χ4n) is 4.65. The van der Waals surface area contributed by atoms with E-state index in [1.165, 1.54) is 17.0 Å². The van der Waals surface area contributed by atoms with E-state index in [-0.39, 0.29) is 23.1 Å². The van der Waals surface area contributed by atoms with E-state index in [0.717, 1.165) is 11.0 Å². The lowest BCUT2D eigenvalue weighted by Crippen LogP contribution is -2.52. The third kappa shape index (κ3) is 5.39. The van der Waals surface area contributed by atoms with Gasteiger partial charge in [0, 0.05) is 11.9 Å². The Bertz CT molecular complexity index is 1480. The predicted octanol–water partition coefficient (Wildman–Crippen LogP) is 5.86. The Kier molecular flexibility index (Phi) is 6.95. The zero-order valence-electron chi connectivity index (χ0n) is 19.8. The molecule has 0 bridgehead atoms. The highest BCUT2D eigenvalue weighted by Gasteiger charge is 2.44. The van der Waals surface area contributed by atoms with E-state index >= 15 is 0 Å². The number of nitrogens with zero attached hydrogens (tertiary/aromatic N) is 3. The Morgan fingerprint density at radius 1 is 1.05 bits per heavy atom. The van der Waals surface area contributed by atoms with Gasteiger partial charge in [-0.3, -0.25) is 19.2 Å². The van der Waals surface area contributed by atoms with Gasteiger partial charge in [-0.2, -0.15) is 31.4 Å². The van der Waals surface area contributed by atoms with Gasteiger partial charge in [-0.1, -0.05) is 12.1 Å². The molecule has 5 rings (SSSR count). The van der Waals surface area contributed by atoms with Crippen LogP contribution in [0.5, 0.6) is 0 Å². The van der Waals surface area contributed by atoms with Crippen molar-refractivity contribution in [2.75, 3.05) is 13.1 Å². The van der Waals surface area contributed by atoms with E-state index < -0.39 is 53.4 Å². The molecule has 2 aliphatic heterocycles. The van der Waals surface area contributed by atoms with Crippen molar-refractivity contribution in [2.24, 2.45) is 0 Å². The van der Waals surface area contributed by atoms with Gasteiger partial charge >= 0.3 is 12.4 Å². The third-order valence-corrected chi connectivity index (χ3v) is 7.44. The van der Waals surface area contributed by atoms with E-state index in [1.807, 2.05) is 0 Å². The van der Waals surface area contributed by atoms with Gasteiger partial charge in [0.15, 0.2) is 0 Å². The number of fused-ring (bicyclic) bond motifs is 1. The van der Waals surface area contributed by atoms with Crippen molar-refractivity contribution >= 4 is 39.9 Å². The molecule has 0 aliphatic carbocycles. The minimum absolute atomic E-state index is 0.0447. The van der Waals surface area contributed by atoms with Crippen LogP contribution in [-0.4, -0.2) is 51.1 Å². The highest BCUT2D eigenvalue weighted by molar-refractivity contribution is 8.18. The van der Waals surface area contributed by atoms with E-state index in [2.05, 4.69) is 10.4 Å². The van der Waals surface area contributed by atoms with Gasteiger partial charge in [0.1, 0.15) is 6.17 Å². The minimum Gasteiger partial charge on any atom is -0.314 e. The molecule has 1 N–H and O–H groups in total. The number of carbonyl (C=O) groups is 2.